The lowest BCUT2D eigenvalue weighted by molar-refractivity contribution is 0.979. The second-order valence-corrected chi connectivity index (χ2v) is 6.74. The second kappa shape index (κ2) is 6.85. The van der Waals surface area contributed by atoms with Gasteiger partial charge in [0.25, 0.3) is 0 Å². The Morgan fingerprint density at radius 3 is 2.67 bits per heavy atom. The predicted molar refractivity (Wildman–Crippen MR) is 109 cm³/mol. The first kappa shape index (κ1) is 17.2. The van der Waals surface area contributed by atoms with Gasteiger partial charge in [0, 0.05) is 37.6 Å². The molecule has 0 aliphatic rings. The minimum absolute atomic E-state index is 0.616. The average Bonchev–Trinajstić information content (AvgIpc) is 3.06. The number of aromatic nitrogens is 5. The van der Waals surface area contributed by atoms with Gasteiger partial charge in [-0.3, -0.25) is 0 Å². The molecule has 0 spiro atoms. The molecule has 3 heterocycles. The lowest BCUT2D eigenvalue weighted by atomic mass is 10.2. The molecule has 8 heteroatoms. The maximum absolute atomic E-state index is 6.31. The number of nitrogens with one attached hydrogen (secondary N) is 2. The molecule has 0 saturated carbocycles. The van der Waals surface area contributed by atoms with Crippen LogP contribution in [0.5, 0.6) is 0 Å². The molecule has 0 saturated heterocycles. The first-order chi connectivity index (χ1) is 13.0. The number of fused-ring (bicyclic) bond motifs is 1. The van der Waals surface area contributed by atoms with Crippen LogP contribution in [0, 0.1) is 6.92 Å². The summed E-state index contributed by atoms with van der Waals surface area (Å²) in [6, 6.07) is 11.3. The van der Waals surface area contributed by atoms with Crippen molar-refractivity contribution in [3.63, 3.8) is 0 Å². The van der Waals surface area contributed by atoms with E-state index in [4.69, 9.17) is 16.6 Å². The number of hydrogen-bond donors (Lipinski definition) is 2. The Balaban J connectivity index is 1.76. The Labute approximate surface area is 161 Å². The normalized spacial score (nSPS) is 11.0. The van der Waals surface area contributed by atoms with Gasteiger partial charge in [0.05, 0.1) is 10.5 Å². The van der Waals surface area contributed by atoms with Crippen molar-refractivity contribution in [3.05, 3.63) is 53.3 Å². The summed E-state index contributed by atoms with van der Waals surface area (Å²) in [7, 11) is 3.81. The van der Waals surface area contributed by atoms with Gasteiger partial charge < -0.3 is 15.2 Å². The number of pyridine rings is 1. The van der Waals surface area contributed by atoms with Crippen LogP contribution >= 0.6 is 11.6 Å². The molecule has 0 aliphatic carbocycles. The molecule has 0 unspecified atom stereocenters. The molecule has 2 N–H and O–H groups in total. The minimum Gasteiger partial charge on any atom is -0.347 e. The molecule has 0 atom stereocenters. The van der Waals surface area contributed by atoms with Crippen molar-refractivity contribution in [3.8, 4) is 11.4 Å². The number of nitrogens with zero attached hydrogens (tertiary/aromatic N) is 5. The highest BCUT2D eigenvalue weighted by Crippen LogP contribution is 2.29. The summed E-state index contributed by atoms with van der Waals surface area (Å²) in [4.78, 5) is 23.2. The minimum atomic E-state index is 0.616. The van der Waals surface area contributed by atoms with Crippen LogP contribution in [0.3, 0.4) is 0 Å². The van der Waals surface area contributed by atoms with Gasteiger partial charge in [-0.2, -0.15) is 4.98 Å². The summed E-state index contributed by atoms with van der Waals surface area (Å²) < 4.78 is 0. The maximum Gasteiger partial charge on any atom is 0.226 e. The number of anilines is 3. The number of aryl methyl sites for hydroxylation is 1. The molecule has 0 amide bonds. The molecule has 4 aromatic rings. The molecule has 136 valence electrons. The summed E-state index contributed by atoms with van der Waals surface area (Å²) in [6.45, 7) is 1.93. The third kappa shape index (κ3) is 3.41. The molecule has 27 heavy (non-hydrogen) atoms. The van der Waals surface area contributed by atoms with Crippen LogP contribution in [-0.2, 0) is 0 Å². The van der Waals surface area contributed by atoms with Gasteiger partial charge in [-0.25, -0.2) is 15.0 Å². The van der Waals surface area contributed by atoms with Crippen LogP contribution in [0.15, 0.2) is 42.6 Å². The molecule has 4 rings (SSSR count). The van der Waals surface area contributed by atoms with Crippen LogP contribution in [0.1, 0.15) is 5.69 Å². The fraction of sp³-hybridized carbons (Fsp3) is 0.158. The highest BCUT2D eigenvalue weighted by Gasteiger charge is 2.13. The van der Waals surface area contributed by atoms with E-state index >= 15 is 0 Å². The van der Waals surface area contributed by atoms with Crippen molar-refractivity contribution in [1.29, 1.82) is 0 Å². The average molecular weight is 380 g/mol. The second-order valence-electron chi connectivity index (χ2n) is 6.33. The summed E-state index contributed by atoms with van der Waals surface area (Å²) in [5, 5.41) is 3.90. The molecule has 1 aromatic carbocycles. The van der Waals surface area contributed by atoms with E-state index in [-0.39, 0.29) is 0 Å². The third-order valence-electron chi connectivity index (χ3n) is 4.02. The molecule has 0 bridgehead atoms. The number of imidazole rings is 1. The quantitative estimate of drug-likeness (QED) is 0.553. The zero-order chi connectivity index (χ0) is 19.0. The molecular formula is C19H18ClN7. The predicted octanol–water partition coefficient (Wildman–Crippen LogP) is 4.19. The Hall–Kier alpha value is -3.19. The fourth-order valence-electron chi connectivity index (χ4n) is 2.75. The van der Waals surface area contributed by atoms with Crippen LogP contribution in [0.25, 0.3) is 22.4 Å². The van der Waals surface area contributed by atoms with Gasteiger partial charge in [0.1, 0.15) is 17.2 Å². The van der Waals surface area contributed by atoms with Crippen molar-refractivity contribution < 1.29 is 0 Å². The number of hydrogen-bond acceptors (Lipinski definition) is 6. The monoisotopic (exact) mass is 379 g/mol. The van der Waals surface area contributed by atoms with Crippen molar-refractivity contribution in [2.45, 2.75) is 6.92 Å². The molecular weight excluding hydrogens is 362 g/mol. The van der Waals surface area contributed by atoms with Crippen LogP contribution in [0.2, 0.25) is 5.02 Å². The zero-order valence-electron chi connectivity index (χ0n) is 15.2. The zero-order valence-corrected chi connectivity index (χ0v) is 15.9. The molecule has 0 aliphatic heterocycles. The summed E-state index contributed by atoms with van der Waals surface area (Å²) in [5.74, 6) is 2.60. The Kier molecular flexibility index (Phi) is 4.37. The van der Waals surface area contributed by atoms with E-state index in [1.807, 2.05) is 62.3 Å². The van der Waals surface area contributed by atoms with Crippen LogP contribution in [0.4, 0.5) is 17.6 Å². The highest BCUT2D eigenvalue weighted by atomic mass is 35.5. The first-order valence-corrected chi connectivity index (χ1v) is 8.79. The molecule has 0 radical (unpaired) electrons. The maximum atomic E-state index is 6.31. The summed E-state index contributed by atoms with van der Waals surface area (Å²) >= 11 is 6.31. The van der Waals surface area contributed by atoms with Gasteiger partial charge in [0.2, 0.25) is 5.95 Å². The lowest BCUT2D eigenvalue weighted by Crippen LogP contribution is -2.14. The van der Waals surface area contributed by atoms with Crippen LogP contribution < -0.4 is 10.2 Å². The number of aromatic amines is 1. The number of halogens is 1. The standard InChI is InChI=1S/C19H18ClN7/c1-11-10-15(25-19(22-11)27(2)3)24-18-16-14(8-9-21-18)23-17(26-16)12-6-4-5-7-13(12)20/h4-10H,1-3H3,(H,23,26)(H,21,22,24,25). The van der Waals surface area contributed by atoms with E-state index < -0.39 is 0 Å². The van der Waals surface area contributed by atoms with Crippen molar-refractivity contribution in [1.82, 2.24) is 24.9 Å². The molecule has 7 nitrogen and oxygen atoms in total. The Bertz CT molecular complexity index is 1120. The smallest absolute Gasteiger partial charge is 0.226 e. The van der Waals surface area contributed by atoms with Crippen molar-refractivity contribution in [2.75, 3.05) is 24.3 Å². The van der Waals surface area contributed by atoms with E-state index in [2.05, 4.69) is 25.3 Å². The van der Waals surface area contributed by atoms with Gasteiger partial charge in [-0.05, 0) is 25.1 Å². The van der Waals surface area contributed by atoms with E-state index in [1.54, 1.807) is 6.20 Å². The lowest BCUT2D eigenvalue weighted by Gasteiger charge is -2.13. The van der Waals surface area contributed by atoms with Gasteiger partial charge in [0.15, 0.2) is 5.82 Å². The van der Waals surface area contributed by atoms with E-state index in [0.29, 0.717) is 28.4 Å². The first-order valence-electron chi connectivity index (χ1n) is 8.41. The van der Waals surface area contributed by atoms with Crippen LogP contribution in [-0.4, -0.2) is 39.0 Å². The van der Waals surface area contributed by atoms with Crippen molar-refractivity contribution >= 4 is 40.2 Å². The molecule has 0 fully saturated rings. The Morgan fingerprint density at radius 2 is 1.89 bits per heavy atom. The fourth-order valence-corrected chi connectivity index (χ4v) is 2.97. The molecule has 3 aromatic heterocycles. The van der Waals surface area contributed by atoms with E-state index in [1.165, 1.54) is 0 Å². The summed E-state index contributed by atoms with van der Waals surface area (Å²) in [6.07, 6.45) is 1.72. The topological polar surface area (TPSA) is 82.6 Å². The van der Waals surface area contributed by atoms with E-state index in [9.17, 15) is 0 Å². The number of benzene rings is 1. The van der Waals surface area contributed by atoms with Crippen molar-refractivity contribution in [2.24, 2.45) is 0 Å². The largest absolute Gasteiger partial charge is 0.347 e. The highest BCUT2D eigenvalue weighted by molar-refractivity contribution is 6.33. The summed E-state index contributed by atoms with van der Waals surface area (Å²) in [5.41, 5.74) is 3.28. The van der Waals surface area contributed by atoms with Gasteiger partial charge in [-0.15, -0.1) is 0 Å². The number of H-pyrrole nitrogens is 1. The van der Waals surface area contributed by atoms with Gasteiger partial charge >= 0.3 is 0 Å². The number of rotatable bonds is 4. The SMILES string of the molecule is Cc1cc(Nc2nccc3[nH]c(-c4ccccc4Cl)nc23)nc(N(C)C)n1. The van der Waals surface area contributed by atoms with Gasteiger partial charge in [-0.1, -0.05) is 23.7 Å². The Morgan fingerprint density at radius 1 is 1.07 bits per heavy atom. The van der Waals surface area contributed by atoms with E-state index in [0.717, 1.165) is 22.3 Å². The third-order valence-corrected chi connectivity index (χ3v) is 4.35.